The summed E-state index contributed by atoms with van der Waals surface area (Å²) in [6.45, 7) is 3.53. The molecule has 0 saturated heterocycles. The van der Waals surface area contributed by atoms with Crippen LogP contribution >= 0.6 is 24.0 Å². The molecule has 0 bridgehead atoms. The molecule has 120 valence electrons. The predicted octanol–water partition coefficient (Wildman–Crippen LogP) is 2.05. The molecule has 0 aromatic rings. The molecule has 0 spiro atoms. The first kappa shape index (κ1) is 19.9. The Kier molecular flexibility index (Phi) is 8.39. The van der Waals surface area contributed by atoms with Crippen LogP contribution in [0.5, 0.6) is 0 Å². The number of sulfone groups is 1. The summed E-state index contributed by atoms with van der Waals surface area (Å²) in [7, 11) is -3.13. The average molecular weight is 417 g/mol. The number of guanidine groups is 1. The molecule has 0 aliphatic heterocycles. The van der Waals surface area contributed by atoms with E-state index in [2.05, 4.69) is 10.3 Å². The van der Waals surface area contributed by atoms with Crippen molar-refractivity contribution in [3.8, 4) is 0 Å². The third-order valence-electron chi connectivity index (χ3n) is 3.84. The molecule has 1 aliphatic rings. The first-order chi connectivity index (χ1) is 8.72. The van der Waals surface area contributed by atoms with Gasteiger partial charge in [-0.05, 0) is 26.7 Å². The Morgan fingerprint density at radius 3 is 2.20 bits per heavy atom. The Bertz CT molecular complexity index is 413. The number of nitrogens with one attached hydrogen (secondary N) is 1. The van der Waals surface area contributed by atoms with Crippen LogP contribution in [0.3, 0.4) is 0 Å². The molecule has 0 atom stereocenters. The standard InChI is InChI=1S/C13H27N3O2S.HI/c1-13(2,19(3,17)18)10-15-12(14)16-11-8-6-4-5-7-9-11;/h11H,4-10H2,1-3H3,(H3,14,15,16);1H. The van der Waals surface area contributed by atoms with Crippen molar-refractivity contribution in [2.24, 2.45) is 10.7 Å². The highest BCUT2D eigenvalue weighted by Crippen LogP contribution is 2.17. The topological polar surface area (TPSA) is 84.5 Å². The van der Waals surface area contributed by atoms with Gasteiger partial charge >= 0.3 is 0 Å². The van der Waals surface area contributed by atoms with Crippen LogP contribution in [-0.2, 0) is 9.84 Å². The van der Waals surface area contributed by atoms with Gasteiger partial charge in [-0.25, -0.2) is 8.42 Å². The van der Waals surface area contributed by atoms with Crippen LogP contribution in [0.2, 0.25) is 0 Å². The molecule has 7 heteroatoms. The van der Waals surface area contributed by atoms with Crippen molar-refractivity contribution < 1.29 is 8.42 Å². The fourth-order valence-corrected chi connectivity index (χ4v) is 2.37. The van der Waals surface area contributed by atoms with Crippen molar-refractivity contribution in [3.05, 3.63) is 0 Å². The largest absolute Gasteiger partial charge is 0.370 e. The minimum absolute atomic E-state index is 0. The van der Waals surface area contributed by atoms with Crippen molar-refractivity contribution in [2.45, 2.75) is 63.2 Å². The zero-order valence-corrected chi connectivity index (χ0v) is 15.8. The molecule has 20 heavy (non-hydrogen) atoms. The number of rotatable bonds is 4. The van der Waals surface area contributed by atoms with E-state index >= 15 is 0 Å². The number of hydrogen-bond acceptors (Lipinski definition) is 3. The molecular formula is C13H28IN3O2S. The number of hydrogen-bond donors (Lipinski definition) is 2. The highest BCUT2D eigenvalue weighted by molar-refractivity contribution is 14.0. The van der Waals surface area contributed by atoms with E-state index in [1.54, 1.807) is 13.8 Å². The molecule has 1 saturated carbocycles. The van der Waals surface area contributed by atoms with Gasteiger partial charge in [-0.1, -0.05) is 25.7 Å². The summed E-state index contributed by atoms with van der Waals surface area (Å²) < 4.78 is 22.3. The Morgan fingerprint density at radius 2 is 1.75 bits per heavy atom. The van der Waals surface area contributed by atoms with Gasteiger partial charge in [0.25, 0.3) is 0 Å². The molecule has 3 N–H and O–H groups in total. The summed E-state index contributed by atoms with van der Waals surface area (Å²) in [5, 5.41) is 3.22. The zero-order chi connectivity index (χ0) is 14.5. The predicted molar refractivity (Wildman–Crippen MR) is 95.5 cm³/mol. The Hall–Kier alpha value is -0.0500. The van der Waals surface area contributed by atoms with Crippen LogP contribution in [0.1, 0.15) is 52.4 Å². The highest BCUT2D eigenvalue weighted by Gasteiger charge is 2.29. The minimum atomic E-state index is -3.13. The van der Waals surface area contributed by atoms with Crippen LogP contribution in [0.25, 0.3) is 0 Å². The second kappa shape index (κ2) is 8.41. The van der Waals surface area contributed by atoms with Gasteiger partial charge in [0.2, 0.25) is 0 Å². The van der Waals surface area contributed by atoms with E-state index in [-0.39, 0.29) is 30.5 Å². The summed E-state index contributed by atoms with van der Waals surface area (Å²) in [4.78, 5) is 4.19. The summed E-state index contributed by atoms with van der Waals surface area (Å²) >= 11 is 0. The van der Waals surface area contributed by atoms with Gasteiger partial charge in [0.05, 0.1) is 11.3 Å². The summed E-state index contributed by atoms with van der Waals surface area (Å²) in [6, 6.07) is 0.382. The van der Waals surface area contributed by atoms with E-state index in [0.29, 0.717) is 12.0 Å². The third kappa shape index (κ3) is 6.60. The molecule has 5 nitrogen and oxygen atoms in total. The van der Waals surface area contributed by atoms with Crippen LogP contribution in [0.15, 0.2) is 4.99 Å². The summed E-state index contributed by atoms with van der Waals surface area (Å²) in [6.07, 6.45) is 8.49. The van der Waals surface area contributed by atoms with E-state index in [1.807, 2.05) is 0 Å². The fraction of sp³-hybridized carbons (Fsp3) is 0.923. The third-order valence-corrected chi connectivity index (χ3v) is 5.98. The van der Waals surface area contributed by atoms with Gasteiger partial charge < -0.3 is 11.1 Å². The van der Waals surface area contributed by atoms with Gasteiger partial charge in [-0.2, -0.15) is 0 Å². The van der Waals surface area contributed by atoms with Gasteiger partial charge in [-0.3, -0.25) is 4.99 Å². The van der Waals surface area contributed by atoms with E-state index < -0.39 is 14.6 Å². The monoisotopic (exact) mass is 417 g/mol. The maximum atomic E-state index is 11.6. The molecule has 0 radical (unpaired) electrons. The molecule has 0 amide bonds. The number of nitrogens with zero attached hydrogens (tertiary/aromatic N) is 1. The van der Waals surface area contributed by atoms with Crippen molar-refractivity contribution in [3.63, 3.8) is 0 Å². The van der Waals surface area contributed by atoms with Gasteiger partial charge in [0.1, 0.15) is 0 Å². The van der Waals surface area contributed by atoms with E-state index in [9.17, 15) is 8.42 Å². The lowest BCUT2D eigenvalue weighted by atomic mass is 10.1. The maximum absolute atomic E-state index is 11.6. The highest BCUT2D eigenvalue weighted by atomic mass is 127. The molecular weight excluding hydrogens is 389 g/mol. The van der Waals surface area contributed by atoms with E-state index in [4.69, 9.17) is 5.73 Å². The Balaban J connectivity index is 0.00000361. The summed E-state index contributed by atoms with van der Waals surface area (Å²) in [5.41, 5.74) is 5.85. The lowest BCUT2D eigenvalue weighted by Gasteiger charge is -2.21. The normalized spacial score (nSPS) is 19.1. The van der Waals surface area contributed by atoms with Crippen LogP contribution in [-0.4, -0.2) is 38.0 Å². The van der Waals surface area contributed by atoms with Crippen LogP contribution in [0, 0.1) is 0 Å². The second-order valence-corrected chi connectivity index (χ2v) is 8.72. The number of aliphatic imine (C=N–C) groups is 1. The Labute approximate surface area is 140 Å². The molecule has 1 rings (SSSR count). The van der Waals surface area contributed by atoms with Gasteiger partial charge in [0, 0.05) is 12.3 Å². The van der Waals surface area contributed by atoms with E-state index in [1.165, 1.54) is 31.9 Å². The quantitative estimate of drug-likeness (QED) is 0.317. The summed E-state index contributed by atoms with van der Waals surface area (Å²) in [5.74, 6) is 0.364. The molecule has 0 aromatic heterocycles. The van der Waals surface area contributed by atoms with Crippen molar-refractivity contribution >= 4 is 39.8 Å². The molecule has 0 unspecified atom stereocenters. The lowest BCUT2D eigenvalue weighted by molar-refractivity contribution is 0.527. The number of nitrogens with two attached hydrogens (primary N) is 1. The Morgan fingerprint density at radius 1 is 1.25 bits per heavy atom. The SMILES string of the molecule is CC(C)(CN=C(N)NC1CCCCCC1)S(C)(=O)=O.I. The van der Waals surface area contributed by atoms with Crippen molar-refractivity contribution in [1.29, 1.82) is 0 Å². The van der Waals surface area contributed by atoms with Crippen molar-refractivity contribution in [1.82, 2.24) is 5.32 Å². The van der Waals surface area contributed by atoms with E-state index in [0.717, 1.165) is 12.8 Å². The van der Waals surface area contributed by atoms with Gasteiger partial charge in [-0.15, -0.1) is 24.0 Å². The smallest absolute Gasteiger partial charge is 0.188 e. The fourth-order valence-electron chi connectivity index (χ4n) is 2.07. The lowest BCUT2D eigenvalue weighted by Crippen LogP contribution is -2.42. The van der Waals surface area contributed by atoms with Crippen LogP contribution < -0.4 is 11.1 Å². The molecule has 1 fully saturated rings. The average Bonchev–Trinajstić information content (AvgIpc) is 2.53. The molecule has 0 aromatic carbocycles. The molecule has 0 heterocycles. The first-order valence-electron chi connectivity index (χ1n) is 6.98. The second-order valence-electron chi connectivity index (χ2n) is 6.07. The minimum Gasteiger partial charge on any atom is -0.370 e. The molecule has 1 aliphatic carbocycles. The van der Waals surface area contributed by atoms with Crippen molar-refractivity contribution in [2.75, 3.05) is 12.8 Å². The first-order valence-corrected chi connectivity index (χ1v) is 8.87. The number of halogens is 1. The van der Waals surface area contributed by atoms with Crippen LogP contribution in [0.4, 0.5) is 0 Å². The van der Waals surface area contributed by atoms with Gasteiger partial charge in [0.15, 0.2) is 15.8 Å². The maximum Gasteiger partial charge on any atom is 0.188 e. The zero-order valence-electron chi connectivity index (χ0n) is 12.7.